The van der Waals surface area contributed by atoms with Gasteiger partial charge in [0.15, 0.2) is 0 Å². The summed E-state index contributed by atoms with van der Waals surface area (Å²) in [5.74, 6) is -0.793. The van der Waals surface area contributed by atoms with Crippen molar-refractivity contribution in [2.45, 2.75) is 9.79 Å². The molecule has 1 N–H and O–H groups in total. The number of amides is 1. The fourth-order valence-corrected chi connectivity index (χ4v) is 5.29. The van der Waals surface area contributed by atoms with Crippen LogP contribution in [0.25, 0.3) is 11.0 Å². The molecule has 2 heterocycles. The van der Waals surface area contributed by atoms with Gasteiger partial charge in [0.2, 0.25) is 0 Å². The van der Waals surface area contributed by atoms with Crippen LogP contribution in [-0.4, -0.2) is 53.0 Å². The molecule has 0 aliphatic rings. The van der Waals surface area contributed by atoms with Gasteiger partial charge in [0.25, 0.3) is 0 Å². The van der Waals surface area contributed by atoms with E-state index in [2.05, 4.69) is 15.4 Å². The molecule has 2 aromatic carbocycles. The van der Waals surface area contributed by atoms with E-state index in [-0.39, 0.29) is 47.6 Å². The van der Waals surface area contributed by atoms with Gasteiger partial charge in [0.05, 0.1) is 0 Å². The molecule has 0 spiro atoms. The van der Waals surface area contributed by atoms with Crippen LogP contribution >= 0.6 is 0 Å². The molecule has 4 aromatic rings. The summed E-state index contributed by atoms with van der Waals surface area (Å²) >= 11 is 0.253. The van der Waals surface area contributed by atoms with Gasteiger partial charge in [0.1, 0.15) is 0 Å². The van der Waals surface area contributed by atoms with Crippen molar-refractivity contribution in [1.82, 2.24) is 12.6 Å². The summed E-state index contributed by atoms with van der Waals surface area (Å²) in [7, 11) is -3.98. The van der Waals surface area contributed by atoms with Crippen LogP contribution in [0.5, 0.6) is 0 Å². The van der Waals surface area contributed by atoms with Crippen LogP contribution in [0.3, 0.4) is 0 Å². The molecular weight excluding hydrogens is 588 g/mol. The summed E-state index contributed by atoms with van der Waals surface area (Å²) in [4.78, 5) is 16.4. The fraction of sp³-hybridized carbons (Fsp3) is 0. The van der Waals surface area contributed by atoms with Crippen LogP contribution in [-0.2, 0) is 9.84 Å². The molecule has 0 saturated heterocycles. The first-order chi connectivity index (χ1) is 13.9. The van der Waals surface area contributed by atoms with Gasteiger partial charge in [-0.1, -0.05) is 0 Å². The second-order valence-corrected chi connectivity index (χ2v) is 9.97. The number of carbonyl (C=O) groups excluding carboxylic acids is 1. The normalized spacial score (nSPS) is 11.4. The molecule has 4 rings (SSSR count). The number of carbonyl (C=O) groups is 1. The van der Waals surface area contributed by atoms with Crippen molar-refractivity contribution in [2.75, 3.05) is 5.32 Å². The first kappa shape index (κ1) is 19.6. The number of halogens is 1. The zero-order valence-electron chi connectivity index (χ0n) is 14.8. The Morgan fingerprint density at radius 2 is 1.79 bits per heavy atom. The number of rotatable bonds is 4. The number of hydrogen-bond donors (Lipinski definition) is 1. The Bertz CT molecular complexity index is 1340. The minimum atomic E-state index is -3.98. The molecule has 0 aliphatic heterocycles. The Kier molecular flexibility index (Phi) is 5.17. The average Bonchev–Trinajstić information content (AvgIpc) is 3.03. The zero-order valence-corrected chi connectivity index (χ0v) is 20.1. The van der Waals surface area contributed by atoms with Gasteiger partial charge in [-0.2, -0.15) is 0 Å². The van der Waals surface area contributed by atoms with E-state index in [1.54, 1.807) is 32.8 Å². The standard InChI is InChI=1S/C19H13FN4O3S.Tl/c20-13-7-4-8-14(9-13)28(26,27)15-10-16-17(21-11-15)23-24-18(16)22-19(25)12-5-2-1-3-6-12;/h1-11H,(H2,21,22,23,24,25);/q;+1/p-1. The average molecular weight is 600 g/mol. The van der Waals surface area contributed by atoms with Crippen LogP contribution in [0.2, 0.25) is 0 Å². The van der Waals surface area contributed by atoms with Crippen molar-refractivity contribution < 1.29 is 17.6 Å². The molecule has 10 heteroatoms. The molecular formula is C19H12FN4O3STl. The number of nitrogens with zero attached hydrogens (tertiary/aromatic N) is 3. The summed E-state index contributed by atoms with van der Waals surface area (Å²) < 4.78 is 40.9. The summed E-state index contributed by atoms with van der Waals surface area (Å²) in [5, 5.41) is 7.41. The van der Waals surface area contributed by atoms with E-state index in [1.807, 2.05) is 0 Å². The molecule has 0 radical (unpaired) electrons. The van der Waals surface area contributed by atoms with Crippen molar-refractivity contribution in [1.29, 1.82) is 0 Å². The first-order valence-corrected chi connectivity index (χ1v) is 11.9. The number of sulfone groups is 1. The van der Waals surface area contributed by atoms with E-state index in [4.69, 9.17) is 0 Å². The number of pyridine rings is 1. The SMILES string of the molecule is O=C(Nc1n[n]([Tl])c2ncc(S(=O)(=O)c3cccc(F)c3)cc12)c1ccccc1. The van der Waals surface area contributed by atoms with E-state index in [0.29, 0.717) is 16.6 Å². The van der Waals surface area contributed by atoms with Gasteiger partial charge in [-0.3, -0.25) is 0 Å². The van der Waals surface area contributed by atoms with Crippen molar-refractivity contribution in [2.24, 2.45) is 0 Å². The van der Waals surface area contributed by atoms with Gasteiger partial charge in [-0.05, 0) is 0 Å². The summed E-state index contributed by atoms with van der Waals surface area (Å²) in [6, 6.07) is 14.8. The molecule has 0 aliphatic carbocycles. The predicted octanol–water partition coefficient (Wildman–Crippen LogP) is 2.59. The fourth-order valence-electron chi connectivity index (χ4n) is 2.78. The molecule has 0 unspecified atom stereocenters. The first-order valence-electron chi connectivity index (χ1n) is 8.37. The zero-order chi connectivity index (χ0) is 20.6. The monoisotopic (exact) mass is 600 g/mol. The molecule has 2 aromatic heterocycles. The topological polar surface area (TPSA) is 93.9 Å². The van der Waals surface area contributed by atoms with Crippen LogP contribution in [0.4, 0.5) is 10.2 Å². The van der Waals surface area contributed by atoms with Crippen LogP contribution in [0, 0.1) is 5.82 Å². The third-order valence-corrected chi connectivity index (χ3v) is 7.32. The van der Waals surface area contributed by atoms with Gasteiger partial charge in [0, 0.05) is 0 Å². The quantitative estimate of drug-likeness (QED) is 0.364. The van der Waals surface area contributed by atoms with Crippen LogP contribution in [0.15, 0.2) is 76.7 Å². The number of fused-ring (bicyclic) bond motifs is 1. The number of aromatic nitrogens is 3. The third kappa shape index (κ3) is 3.79. The van der Waals surface area contributed by atoms with Crippen LogP contribution < -0.4 is 5.32 Å². The van der Waals surface area contributed by atoms with Gasteiger partial charge < -0.3 is 0 Å². The maximum atomic E-state index is 13.5. The Hall–Kier alpha value is -2.67. The Morgan fingerprint density at radius 3 is 2.52 bits per heavy atom. The maximum absolute atomic E-state index is 13.5. The van der Waals surface area contributed by atoms with Crippen LogP contribution in [0.1, 0.15) is 10.4 Å². The molecule has 0 saturated carbocycles. The predicted molar refractivity (Wildman–Crippen MR) is 105 cm³/mol. The molecule has 142 valence electrons. The molecule has 0 fully saturated rings. The van der Waals surface area contributed by atoms with E-state index >= 15 is 0 Å². The number of benzene rings is 2. The molecule has 0 atom stereocenters. The Labute approximate surface area is 181 Å². The third-order valence-electron chi connectivity index (χ3n) is 4.21. The van der Waals surface area contributed by atoms with E-state index in [0.717, 1.165) is 6.07 Å². The van der Waals surface area contributed by atoms with Crippen molar-refractivity contribution in [3.63, 3.8) is 0 Å². The Balaban J connectivity index is 1.78. The van der Waals surface area contributed by atoms with Crippen molar-refractivity contribution >= 4 is 58.7 Å². The van der Waals surface area contributed by atoms with Crippen molar-refractivity contribution in [3.8, 4) is 0 Å². The van der Waals surface area contributed by atoms with Crippen molar-refractivity contribution in [3.05, 3.63) is 78.2 Å². The summed E-state index contributed by atoms with van der Waals surface area (Å²) in [5.41, 5.74) is 0.916. The van der Waals surface area contributed by atoms with E-state index < -0.39 is 15.7 Å². The van der Waals surface area contributed by atoms with Gasteiger partial charge in [-0.25, -0.2) is 0 Å². The summed E-state index contributed by atoms with van der Waals surface area (Å²) in [6.07, 6.45) is 1.21. The molecule has 7 nitrogen and oxygen atoms in total. The van der Waals surface area contributed by atoms with E-state index in [1.165, 1.54) is 30.5 Å². The molecule has 0 bridgehead atoms. The summed E-state index contributed by atoms with van der Waals surface area (Å²) in [6.45, 7) is 0. The van der Waals surface area contributed by atoms with Gasteiger partial charge >= 0.3 is 182 Å². The van der Waals surface area contributed by atoms with E-state index in [9.17, 15) is 17.6 Å². The van der Waals surface area contributed by atoms with Gasteiger partial charge in [-0.15, -0.1) is 0 Å². The molecule has 1 amide bonds. The molecule has 29 heavy (non-hydrogen) atoms. The second-order valence-electron chi connectivity index (χ2n) is 6.12. The Morgan fingerprint density at radius 1 is 1.03 bits per heavy atom. The minimum absolute atomic E-state index is 0.108. The number of anilines is 1. The number of hydrogen-bond acceptors (Lipinski definition) is 5. The number of nitrogens with one attached hydrogen (secondary N) is 1. The second kappa shape index (κ2) is 7.63.